The Bertz CT molecular complexity index is 548. The quantitative estimate of drug-likeness (QED) is 0.658. The Balaban J connectivity index is 2.79. The number of nitro groups is 1. The highest BCUT2D eigenvalue weighted by Crippen LogP contribution is 2.25. The molecule has 108 valence electrons. The predicted octanol–water partition coefficient (Wildman–Crippen LogP) is 1.46. The predicted molar refractivity (Wildman–Crippen MR) is 73.8 cm³/mol. The summed E-state index contributed by atoms with van der Waals surface area (Å²) in [6.45, 7) is 0.243. The van der Waals surface area contributed by atoms with Gasteiger partial charge >= 0.3 is 0 Å². The summed E-state index contributed by atoms with van der Waals surface area (Å²) in [5.41, 5.74) is -0.0174. The normalized spacial score (nSPS) is 9.95. The van der Waals surface area contributed by atoms with Crippen LogP contribution in [0.2, 0.25) is 5.02 Å². The third-order valence-corrected chi connectivity index (χ3v) is 2.99. The molecule has 0 aromatic heterocycles. The van der Waals surface area contributed by atoms with Crippen molar-refractivity contribution in [3.05, 3.63) is 38.9 Å². The molecule has 7 nitrogen and oxygen atoms in total. The van der Waals surface area contributed by atoms with Crippen LogP contribution in [0.1, 0.15) is 16.8 Å². The molecule has 0 aliphatic rings. The van der Waals surface area contributed by atoms with E-state index in [0.29, 0.717) is 0 Å². The Hall–Kier alpha value is -2.15. The van der Waals surface area contributed by atoms with Gasteiger partial charge < -0.3 is 10.2 Å². The van der Waals surface area contributed by atoms with E-state index in [4.69, 9.17) is 11.6 Å². The van der Waals surface area contributed by atoms with Crippen LogP contribution >= 0.6 is 11.6 Å². The Kier molecular flexibility index (Phi) is 5.45. The smallest absolute Gasteiger partial charge is 0.287 e. The Morgan fingerprint density at radius 2 is 2.10 bits per heavy atom. The molecule has 8 heteroatoms. The highest BCUT2D eigenvalue weighted by Gasteiger charge is 2.17. The maximum absolute atomic E-state index is 12.0. The van der Waals surface area contributed by atoms with Crippen molar-refractivity contribution < 1.29 is 14.5 Å². The molecule has 2 amide bonds. The van der Waals surface area contributed by atoms with E-state index in [9.17, 15) is 19.7 Å². The number of nitro benzene ring substituents is 1. The van der Waals surface area contributed by atoms with Gasteiger partial charge in [-0.3, -0.25) is 19.7 Å². The van der Waals surface area contributed by atoms with E-state index in [0.717, 1.165) is 0 Å². The fourth-order valence-electron chi connectivity index (χ4n) is 1.50. The van der Waals surface area contributed by atoms with Crippen molar-refractivity contribution in [3.63, 3.8) is 0 Å². The summed E-state index contributed by atoms with van der Waals surface area (Å²) >= 11 is 5.75. The molecule has 1 rings (SSSR count). The van der Waals surface area contributed by atoms with Crippen LogP contribution in [0.4, 0.5) is 5.69 Å². The molecular weight excluding hydrogens is 286 g/mol. The first kappa shape index (κ1) is 15.9. The molecule has 0 radical (unpaired) electrons. The number of carbonyl (C=O) groups is 2. The number of amides is 2. The minimum Gasteiger partial charge on any atom is -0.359 e. The summed E-state index contributed by atoms with van der Waals surface area (Å²) in [5, 5.41) is 13.0. The number of nitrogens with one attached hydrogen (secondary N) is 1. The van der Waals surface area contributed by atoms with Gasteiger partial charge in [-0.05, 0) is 12.1 Å². The summed E-state index contributed by atoms with van der Waals surface area (Å²) in [6.07, 6.45) is 0.180. The van der Waals surface area contributed by atoms with E-state index in [2.05, 4.69) is 5.32 Å². The van der Waals surface area contributed by atoms with Crippen molar-refractivity contribution >= 4 is 29.1 Å². The van der Waals surface area contributed by atoms with Crippen LogP contribution in [0.3, 0.4) is 0 Å². The van der Waals surface area contributed by atoms with E-state index in [1.54, 1.807) is 7.05 Å². The molecule has 0 spiro atoms. The topological polar surface area (TPSA) is 92.6 Å². The van der Waals surface area contributed by atoms with Gasteiger partial charge in [0.2, 0.25) is 5.91 Å². The standard InChI is InChI=1S/C12H14ClN3O4/c1-14-11(17)5-6-15(2)12(18)8-3-4-10(16(19)20)9(13)7-8/h3-4,7H,5-6H2,1-2H3,(H,14,17). The highest BCUT2D eigenvalue weighted by molar-refractivity contribution is 6.33. The molecule has 0 atom stereocenters. The summed E-state index contributed by atoms with van der Waals surface area (Å²) in [7, 11) is 3.06. The zero-order valence-corrected chi connectivity index (χ0v) is 11.8. The molecule has 1 N–H and O–H groups in total. The number of nitrogens with zero attached hydrogens (tertiary/aromatic N) is 2. The van der Waals surface area contributed by atoms with E-state index < -0.39 is 4.92 Å². The van der Waals surface area contributed by atoms with Gasteiger partial charge in [-0.15, -0.1) is 0 Å². The van der Waals surface area contributed by atoms with E-state index >= 15 is 0 Å². The first-order valence-corrected chi connectivity index (χ1v) is 6.14. The lowest BCUT2D eigenvalue weighted by atomic mass is 10.2. The van der Waals surface area contributed by atoms with Crippen LogP contribution in [-0.4, -0.2) is 42.3 Å². The van der Waals surface area contributed by atoms with Crippen molar-refractivity contribution in [2.45, 2.75) is 6.42 Å². The number of hydrogen-bond donors (Lipinski definition) is 1. The second kappa shape index (κ2) is 6.85. The SMILES string of the molecule is CNC(=O)CCN(C)C(=O)c1ccc([N+](=O)[O-])c(Cl)c1. The third-order valence-electron chi connectivity index (χ3n) is 2.69. The van der Waals surface area contributed by atoms with E-state index in [1.807, 2.05) is 0 Å². The second-order valence-corrected chi connectivity index (χ2v) is 4.48. The number of halogens is 1. The van der Waals surface area contributed by atoms with Crippen LogP contribution in [-0.2, 0) is 4.79 Å². The van der Waals surface area contributed by atoms with E-state index in [1.165, 1.54) is 30.1 Å². The van der Waals surface area contributed by atoms with Crippen LogP contribution in [0, 0.1) is 10.1 Å². The van der Waals surface area contributed by atoms with Crippen LogP contribution in [0.5, 0.6) is 0 Å². The van der Waals surface area contributed by atoms with Crippen molar-refractivity contribution in [2.75, 3.05) is 20.6 Å². The molecule has 0 fully saturated rings. The highest BCUT2D eigenvalue weighted by atomic mass is 35.5. The van der Waals surface area contributed by atoms with Gasteiger partial charge in [-0.1, -0.05) is 11.6 Å². The first-order valence-electron chi connectivity index (χ1n) is 5.76. The lowest BCUT2D eigenvalue weighted by molar-refractivity contribution is -0.384. The monoisotopic (exact) mass is 299 g/mol. The molecule has 0 aliphatic heterocycles. The van der Waals surface area contributed by atoms with Crippen LogP contribution in [0.15, 0.2) is 18.2 Å². The van der Waals surface area contributed by atoms with Crippen molar-refractivity contribution in [1.29, 1.82) is 0 Å². The Morgan fingerprint density at radius 1 is 1.45 bits per heavy atom. The number of hydrogen-bond acceptors (Lipinski definition) is 4. The summed E-state index contributed by atoms with van der Waals surface area (Å²) < 4.78 is 0. The molecule has 0 saturated heterocycles. The summed E-state index contributed by atoms with van der Waals surface area (Å²) in [5.74, 6) is -0.530. The van der Waals surface area contributed by atoms with Gasteiger partial charge in [0.25, 0.3) is 11.6 Å². The van der Waals surface area contributed by atoms with Gasteiger partial charge in [-0.25, -0.2) is 0 Å². The first-order chi connectivity index (χ1) is 9.36. The molecule has 0 unspecified atom stereocenters. The molecular formula is C12H14ClN3O4. The summed E-state index contributed by atoms with van der Waals surface area (Å²) in [6, 6.07) is 3.77. The minimum atomic E-state index is -0.619. The summed E-state index contributed by atoms with van der Waals surface area (Å²) in [4.78, 5) is 34.5. The number of carbonyl (C=O) groups excluding carboxylic acids is 2. The molecule has 0 heterocycles. The van der Waals surface area contributed by atoms with Gasteiger partial charge in [0.15, 0.2) is 0 Å². The van der Waals surface area contributed by atoms with E-state index in [-0.39, 0.29) is 41.1 Å². The lowest BCUT2D eigenvalue weighted by Crippen LogP contribution is -2.31. The van der Waals surface area contributed by atoms with Crippen LogP contribution < -0.4 is 5.32 Å². The number of rotatable bonds is 5. The molecule has 20 heavy (non-hydrogen) atoms. The van der Waals surface area contributed by atoms with Crippen molar-refractivity contribution in [1.82, 2.24) is 10.2 Å². The Morgan fingerprint density at radius 3 is 2.60 bits per heavy atom. The molecule has 1 aromatic carbocycles. The average Bonchev–Trinajstić information content (AvgIpc) is 2.42. The molecule has 0 bridgehead atoms. The van der Waals surface area contributed by atoms with Crippen molar-refractivity contribution in [3.8, 4) is 0 Å². The lowest BCUT2D eigenvalue weighted by Gasteiger charge is -2.16. The average molecular weight is 300 g/mol. The molecule has 0 saturated carbocycles. The van der Waals surface area contributed by atoms with Gasteiger partial charge in [0, 0.05) is 38.7 Å². The fraction of sp³-hybridized carbons (Fsp3) is 0.333. The third kappa shape index (κ3) is 3.92. The zero-order chi connectivity index (χ0) is 15.3. The maximum atomic E-state index is 12.0. The zero-order valence-electron chi connectivity index (χ0n) is 11.1. The van der Waals surface area contributed by atoms with Gasteiger partial charge in [0.05, 0.1) is 4.92 Å². The van der Waals surface area contributed by atoms with Gasteiger partial charge in [0.1, 0.15) is 5.02 Å². The van der Waals surface area contributed by atoms with Gasteiger partial charge in [-0.2, -0.15) is 0 Å². The minimum absolute atomic E-state index is 0.0967. The second-order valence-electron chi connectivity index (χ2n) is 4.07. The number of benzene rings is 1. The molecule has 0 aliphatic carbocycles. The van der Waals surface area contributed by atoms with Crippen molar-refractivity contribution in [2.24, 2.45) is 0 Å². The maximum Gasteiger partial charge on any atom is 0.287 e. The van der Waals surface area contributed by atoms with Crippen LogP contribution in [0.25, 0.3) is 0 Å². The largest absolute Gasteiger partial charge is 0.359 e. The molecule has 1 aromatic rings. The Labute approximate surface area is 120 Å². The fourth-order valence-corrected chi connectivity index (χ4v) is 1.75.